The second-order valence-electron chi connectivity index (χ2n) is 11.9. The van der Waals surface area contributed by atoms with Gasteiger partial charge in [-0.1, -0.05) is 42.5 Å². The number of benzene rings is 3. The summed E-state index contributed by atoms with van der Waals surface area (Å²) in [6, 6.07) is 23.6. The molecule has 3 aromatic carbocycles. The summed E-state index contributed by atoms with van der Waals surface area (Å²) < 4.78 is 43.1. The number of fused-ring (bicyclic) bond motifs is 1. The van der Waals surface area contributed by atoms with Crippen molar-refractivity contribution in [3.63, 3.8) is 0 Å². The van der Waals surface area contributed by atoms with E-state index < -0.39 is 16.1 Å². The molecule has 2 aliphatic rings. The molecule has 5 rings (SSSR count). The van der Waals surface area contributed by atoms with Crippen LogP contribution in [-0.4, -0.2) is 75.7 Å². The van der Waals surface area contributed by atoms with Gasteiger partial charge in [0, 0.05) is 38.2 Å². The van der Waals surface area contributed by atoms with E-state index in [1.165, 1.54) is 21.7 Å². The average Bonchev–Trinajstić information content (AvgIpc) is 3.27. The lowest BCUT2D eigenvalue weighted by Crippen LogP contribution is -2.43. The van der Waals surface area contributed by atoms with Crippen LogP contribution in [0, 0.1) is 0 Å². The molecule has 1 saturated carbocycles. The molecule has 1 aliphatic carbocycles. The number of hydrogen-bond donors (Lipinski definition) is 1. The predicted octanol–water partition coefficient (Wildman–Crippen LogP) is 5.38. The summed E-state index contributed by atoms with van der Waals surface area (Å²) in [5, 5.41) is 11.2. The van der Waals surface area contributed by atoms with Crippen LogP contribution >= 0.6 is 0 Å². The minimum Gasteiger partial charge on any atom is -0.491 e. The molecule has 0 saturated heterocycles. The maximum atomic E-state index is 12.4. The molecule has 1 heterocycles. The molecule has 0 aromatic heterocycles. The van der Waals surface area contributed by atoms with Gasteiger partial charge in [0.2, 0.25) is 10.0 Å². The highest BCUT2D eigenvalue weighted by Gasteiger charge is 2.29. The van der Waals surface area contributed by atoms with Gasteiger partial charge in [-0.05, 0) is 73.9 Å². The topological polar surface area (TPSA) is 106 Å². The predicted molar refractivity (Wildman–Crippen MR) is 174 cm³/mol. The van der Waals surface area contributed by atoms with Crippen LogP contribution in [0.4, 0.5) is 5.69 Å². The van der Waals surface area contributed by atoms with Crippen molar-refractivity contribution < 1.29 is 32.5 Å². The summed E-state index contributed by atoms with van der Waals surface area (Å²) >= 11 is 0. The van der Waals surface area contributed by atoms with E-state index in [9.17, 15) is 18.3 Å². The van der Waals surface area contributed by atoms with Crippen LogP contribution in [-0.2, 0) is 21.3 Å². The molecule has 0 amide bonds. The van der Waals surface area contributed by atoms with E-state index in [1.807, 2.05) is 42.5 Å². The number of aliphatic hydroxyl groups is 1. The molecule has 1 fully saturated rings. The van der Waals surface area contributed by atoms with E-state index in [2.05, 4.69) is 17.0 Å². The van der Waals surface area contributed by atoms with E-state index >= 15 is 0 Å². The van der Waals surface area contributed by atoms with Gasteiger partial charge < -0.3 is 19.3 Å². The lowest BCUT2D eigenvalue weighted by molar-refractivity contribution is 0.0384. The van der Waals surface area contributed by atoms with Crippen LogP contribution < -0.4 is 13.8 Å². The molecular weight excluding hydrogens is 592 g/mol. The Labute approximate surface area is 266 Å². The Morgan fingerprint density at radius 1 is 1.04 bits per heavy atom. The summed E-state index contributed by atoms with van der Waals surface area (Å²) in [6.45, 7) is 4.19. The first-order valence-corrected chi connectivity index (χ1v) is 17.7. The van der Waals surface area contributed by atoms with Gasteiger partial charge in [0.25, 0.3) is 0 Å². The van der Waals surface area contributed by atoms with Gasteiger partial charge in [-0.15, -0.1) is 0 Å². The van der Waals surface area contributed by atoms with Crippen LogP contribution in [0.25, 0.3) is 0 Å². The van der Waals surface area contributed by atoms with Crippen molar-refractivity contribution in [1.29, 1.82) is 0 Å². The standard InChI is InChI=1S/C35H44N2O7S/c1-3-42-35(39)29-12-10-27(11-13-29)28-14-16-30(17-15-28)36(23-26-8-5-4-6-9-26)24-31(38)25-44-32-18-19-34-33(22-32)37(45(2,40)41)20-7-21-43-34/h4-6,8-13,18-19,22,28,30-31,38H,3,7,14-17,20-21,23-25H2,1-2H3/t28?,30?,31-/m0/s1. The molecule has 0 radical (unpaired) electrons. The third-order valence-electron chi connectivity index (χ3n) is 8.58. The number of carbonyl (C=O) groups is 1. The Morgan fingerprint density at radius 2 is 1.78 bits per heavy atom. The zero-order valence-electron chi connectivity index (χ0n) is 26.1. The fraction of sp³-hybridized carbons (Fsp3) is 0.457. The van der Waals surface area contributed by atoms with Gasteiger partial charge in [-0.2, -0.15) is 0 Å². The van der Waals surface area contributed by atoms with Crippen LogP contribution in [0.2, 0.25) is 0 Å². The summed E-state index contributed by atoms with van der Waals surface area (Å²) in [5.74, 6) is 1.12. The number of aliphatic hydroxyl groups excluding tert-OH is 1. The van der Waals surface area contributed by atoms with Gasteiger partial charge >= 0.3 is 5.97 Å². The van der Waals surface area contributed by atoms with E-state index in [-0.39, 0.29) is 12.6 Å². The zero-order valence-corrected chi connectivity index (χ0v) is 27.0. The Bertz CT molecular complexity index is 1510. The highest BCUT2D eigenvalue weighted by molar-refractivity contribution is 7.92. The van der Waals surface area contributed by atoms with Gasteiger partial charge in [0.15, 0.2) is 0 Å². The Kier molecular flexibility index (Phi) is 11.0. The SMILES string of the molecule is CCOC(=O)c1ccc(C2CCC(N(Cc3ccccc3)C[C@H](O)COc3ccc4c(c3)N(S(C)(=O)=O)CCCO4)CC2)cc1. The van der Waals surface area contributed by atoms with E-state index in [4.69, 9.17) is 14.2 Å². The molecule has 45 heavy (non-hydrogen) atoms. The molecule has 1 atom stereocenters. The maximum absolute atomic E-state index is 12.4. The molecule has 0 unspecified atom stereocenters. The molecule has 1 N–H and O–H groups in total. The highest BCUT2D eigenvalue weighted by Crippen LogP contribution is 2.37. The molecule has 0 spiro atoms. The van der Waals surface area contributed by atoms with Crippen molar-refractivity contribution in [3.8, 4) is 11.5 Å². The van der Waals surface area contributed by atoms with Gasteiger partial charge in [0.05, 0.1) is 30.7 Å². The first-order chi connectivity index (χ1) is 21.7. The van der Waals surface area contributed by atoms with Crippen molar-refractivity contribution in [3.05, 3.63) is 89.5 Å². The van der Waals surface area contributed by atoms with E-state index in [0.29, 0.717) is 67.4 Å². The van der Waals surface area contributed by atoms with Crippen molar-refractivity contribution >= 4 is 21.7 Å². The third kappa shape index (κ3) is 8.77. The van der Waals surface area contributed by atoms with Crippen LogP contribution in [0.1, 0.15) is 66.4 Å². The zero-order chi connectivity index (χ0) is 31.8. The van der Waals surface area contributed by atoms with Crippen molar-refractivity contribution in [2.75, 3.05) is 43.5 Å². The Hall–Kier alpha value is -3.60. The number of sulfonamides is 1. The Balaban J connectivity index is 1.22. The van der Waals surface area contributed by atoms with Crippen molar-refractivity contribution in [2.45, 2.75) is 63.6 Å². The van der Waals surface area contributed by atoms with Crippen LogP contribution in [0.5, 0.6) is 11.5 Å². The maximum Gasteiger partial charge on any atom is 0.338 e. The number of ether oxygens (including phenoxy) is 3. The lowest BCUT2D eigenvalue weighted by Gasteiger charge is -2.38. The highest BCUT2D eigenvalue weighted by atomic mass is 32.2. The molecule has 0 bridgehead atoms. The fourth-order valence-corrected chi connectivity index (χ4v) is 7.28. The molecular formula is C35H44N2O7S. The number of hydrogen-bond acceptors (Lipinski definition) is 8. The molecule has 3 aromatic rings. The van der Waals surface area contributed by atoms with Crippen molar-refractivity contribution in [1.82, 2.24) is 4.90 Å². The van der Waals surface area contributed by atoms with Crippen LogP contribution in [0.3, 0.4) is 0 Å². The molecule has 242 valence electrons. The Morgan fingerprint density at radius 3 is 2.47 bits per heavy atom. The summed E-state index contributed by atoms with van der Waals surface area (Å²) in [4.78, 5) is 14.4. The number of carbonyl (C=O) groups excluding carboxylic acids is 1. The minimum atomic E-state index is -3.48. The third-order valence-corrected chi connectivity index (χ3v) is 9.76. The second-order valence-corrected chi connectivity index (χ2v) is 13.8. The van der Waals surface area contributed by atoms with Crippen molar-refractivity contribution in [2.24, 2.45) is 0 Å². The van der Waals surface area contributed by atoms with Gasteiger partial charge in [-0.3, -0.25) is 9.21 Å². The monoisotopic (exact) mass is 636 g/mol. The minimum absolute atomic E-state index is 0.0754. The number of nitrogens with zero attached hydrogens (tertiary/aromatic N) is 2. The molecule has 1 aliphatic heterocycles. The normalized spacial score (nSPS) is 19.2. The fourth-order valence-electron chi connectivity index (χ4n) is 6.32. The number of rotatable bonds is 12. The van der Waals surface area contributed by atoms with Gasteiger partial charge in [0.1, 0.15) is 24.2 Å². The summed E-state index contributed by atoms with van der Waals surface area (Å²) in [7, 11) is -3.48. The summed E-state index contributed by atoms with van der Waals surface area (Å²) in [6.07, 6.45) is 5.08. The first kappa shape index (κ1) is 32.8. The van der Waals surface area contributed by atoms with Crippen LogP contribution in [0.15, 0.2) is 72.8 Å². The smallest absolute Gasteiger partial charge is 0.338 e. The second kappa shape index (κ2) is 15.1. The number of esters is 1. The lowest BCUT2D eigenvalue weighted by atomic mass is 9.81. The van der Waals surface area contributed by atoms with Gasteiger partial charge in [-0.25, -0.2) is 13.2 Å². The summed E-state index contributed by atoms with van der Waals surface area (Å²) in [5.41, 5.74) is 3.46. The molecule has 9 nitrogen and oxygen atoms in total. The van der Waals surface area contributed by atoms with E-state index in [1.54, 1.807) is 25.1 Å². The quantitative estimate of drug-likeness (QED) is 0.264. The first-order valence-electron chi connectivity index (χ1n) is 15.8. The van der Waals surface area contributed by atoms with E-state index in [0.717, 1.165) is 32.2 Å². The average molecular weight is 637 g/mol. The number of anilines is 1. The molecule has 10 heteroatoms. The largest absolute Gasteiger partial charge is 0.491 e.